The van der Waals surface area contributed by atoms with Crippen LogP contribution in [-0.4, -0.2) is 44.4 Å². The molecule has 2 aromatic heterocycles. The first-order valence-electron chi connectivity index (χ1n) is 8.98. The molecule has 3 heterocycles. The van der Waals surface area contributed by atoms with E-state index in [1.807, 2.05) is 35.7 Å². The number of thiazole rings is 1. The number of carboxylic acids is 1. The summed E-state index contributed by atoms with van der Waals surface area (Å²) in [6.45, 7) is 2.33. The fourth-order valence-corrected chi connectivity index (χ4v) is 4.64. The highest BCUT2D eigenvalue weighted by Crippen LogP contribution is 2.36. The van der Waals surface area contributed by atoms with Crippen molar-refractivity contribution in [2.75, 3.05) is 13.1 Å². The predicted molar refractivity (Wildman–Crippen MR) is 105 cm³/mol. The third-order valence-electron chi connectivity index (χ3n) is 5.49. The molecule has 0 spiro atoms. The van der Waals surface area contributed by atoms with Crippen molar-refractivity contribution < 1.29 is 14.7 Å². The number of benzene rings is 1. The maximum atomic E-state index is 12.9. The van der Waals surface area contributed by atoms with Crippen LogP contribution < -0.4 is 5.56 Å². The molecule has 3 aromatic rings. The maximum absolute atomic E-state index is 12.9. The van der Waals surface area contributed by atoms with Gasteiger partial charge in [-0.1, -0.05) is 30.3 Å². The van der Waals surface area contributed by atoms with E-state index in [-0.39, 0.29) is 24.2 Å². The van der Waals surface area contributed by atoms with Crippen LogP contribution >= 0.6 is 11.3 Å². The third kappa shape index (κ3) is 2.80. The molecule has 28 heavy (non-hydrogen) atoms. The molecule has 8 heteroatoms. The van der Waals surface area contributed by atoms with E-state index in [2.05, 4.69) is 4.98 Å². The second-order valence-corrected chi connectivity index (χ2v) is 7.85. The first-order chi connectivity index (χ1) is 13.4. The van der Waals surface area contributed by atoms with Gasteiger partial charge in [0.2, 0.25) is 0 Å². The van der Waals surface area contributed by atoms with E-state index < -0.39 is 17.3 Å². The van der Waals surface area contributed by atoms with Gasteiger partial charge in [-0.2, -0.15) is 0 Å². The monoisotopic (exact) mass is 397 g/mol. The zero-order valence-corrected chi connectivity index (χ0v) is 16.1. The Labute approximate surface area is 164 Å². The summed E-state index contributed by atoms with van der Waals surface area (Å²) < 4.78 is 1.44. The Kier molecular flexibility index (Phi) is 4.50. The molecule has 1 fully saturated rings. The van der Waals surface area contributed by atoms with Crippen LogP contribution in [0.15, 0.2) is 46.7 Å². The van der Waals surface area contributed by atoms with Gasteiger partial charge in [0.25, 0.3) is 11.5 Å². The standard InChI is InChI=1S/C20H19N3O4S/c1-13-12-28-19-21-11-15(17(25)23(13)19)16(24)22-9-7-20(8-10-22,18(26)27)14-5-3-2-4-6-14/h2-6,11-12H,7-10H2,1H3,(H,26,27). The lowest BCUT2D eigenvalue weighted by molar-refractivity contribution is -0.145. The average molecular weight is 397 g/mol. The van der Waals surface area contributed by atoms with E-state index in [9.17, 15) is 19.5 Å². The summed E-state index contributed by atoms with van der Waals surface area (Å²) >= 11 is 1.35. The van der Waals surface area contributed by atoms with Crippen LogP contribution in [0.2, 0.25) is 0 Å². The number of hydrogen-bond acceptors (Lipinski definition) is 5. The molecular formula is C20H19N3O4S. The Bertz CT molecular complexity index is 1110. The summed E-state index contributed by atoms with van der Waals surface area (Å²) in [6.07, 6.45) is 1.92. The molecule has 0 unspecified atom stereocenters. The first-order valence-corrected chi connectivity index (χ1v) is 9.86. The molecule has 7 nitrogen and oxygen atoms in total. The van der Waals surface area contributed by atoms with Gasteiger partial charge in [-0.25, -0.2) is 4.98 Å². The minimum absolute atomic E-state index is 0.0153. The summed E-state index contributed by atoms with van der Waals surface area (Å²) in [5.74, 6) is -1.28. The highest BCUT2D eigenvalue weighted by atomic mass is 32.1. The number of rotatable bonds is 3. The lowest BCUT2D eigenvalue weighted by atomic mass is 9.73. The van der Waals surface area contributed by atoms with Crippen molar-refractivity contribution in [1.29, 1.82) is 0 Å². The van der Waals surface area contributed by atoms with Crippen LogP contribution in [0, 0.1) is 6.92 Å². The number of fused-ring (bicyclic) bond motifs is 1. The molecule has 1 aliphatic heterocycles. The zero-order valence-electron chi connectivity index (χ0n) is 15.3. The number of hydrogen-bond donors (Lipinski definition) is 1. The molecule has 1 aromatic carbocycles. The number of carbonyl (C=O) groups is 2. The number of aromatic nitrogens is 2. The number of aryl methyl sites for hydroxylation is 1. The third-order valence-corrected chi connectivity index (χ3v) is 6.44. The van der Waals surface area contributed by atoms with E-state index in [0.29, 0.717) is 17.8 Å². The minimum atomic E-state index is -1.01. The number of aliphatic carboxylic acids is 1. The topological polar surface area (TPSA) is 92.0 Å². The molecular weight excluding hydrogens is 378 g/mol. The largest absolute Gasteiger partial charge is 0.481 e. The smallest absolute Gasteiger partial charge is 0.314 e. The lowest BCUT2D eigenvalue weighted by Crippen LogP contribution is -2.49. The van der Waals surface area contributed by atoms with Crippen LogP contribution in [0.5, 0.6) is 0 Å². The van der Waals surface area contributed by atoms with Gasteiger partial charge >= 0.3 is 5.97 Å². The van der Waals surface area contributed by atoms with Gasteiger partial charge in [-0.15, -0.1) is 11.3 Å². The van der Waals surface area contributed by atoms with Gasteiger partial charge < -0.3 is 10.0 Å². The molecule has 0 aliphatic carbocycles. The summed E-state index contributed by atoms with van der Waals surface area (Å²) in [5, 5.41) is 11.7. The fraction of sp³-hybridized carbons (Fsp3) is 0.300. The van der Waals surface area contributed by atoms with E-state index in [0.717, 1.165) is 11.3 Å². The quantitative estimate of drug-likeness (QED) is 0.732. The highest BCUT2D eigenvalue weighted by molar-refractivity contribution is 7.15. The van der Waals surface area contributed by atoms with Crippen molar-refractivity contribution in [3.05, 3.63) is 69.1 Å². The number of likely N-dealkylation sites (tertiary alicyclic amines) is 1. The van der Waals surface area contributed by atoms with Crippen LogP contribution in [0.4, 0.5) is 0 Å². The van der Waals surface area contributed by atoms with Crippen LogP contribution in [0.1, 0.15) is 34.5 Å². The van der Waals surface area contributed by atoms with Gasteiger partial charge in [0.15, 0.2) is 4.96 Å². The number of carbonyl (C=O) groups excluding carboxylic acids is 1. The Balaban J connectivity index is 1.61. The van der Waals surface area contributed by atoms with Crippen LogP contribution in [-0.2, 0) is 10.2 Å². The van der Waals surface area contributed by atoms with Crippen LogP contribution in [0.3, 0.4) is 0 Å². The summed E-state index contributed by atoms with van der Waals surface area (Å²) in [4.78, 5) is 44.1. The van der Waals surface area contributed by atoms with Gasteiger partial charge in [0, 0.05) is 30.4 Å². The SMILES string of the molecule is Cc1csc2ncc(C(=O)N3CCC(C(=O)O)(c4ccccc4)CC3)c(=O)n12. The number of amides is 1. The van der Waals surface area contributed by atoms with Gasteiger partial charge in [-0.3, -0.25) is 18.8 Å². The molecule has 0 saturated carbocycles. The Morgan fingerprint density at radius 2 is 1.86 bits per heavy atom. The van der Waals surface area contributed by atoms with Gasteiger partial charge in [0.1, 0.15) is 5.56 Å². The summed E-state index contributed by atoms with van der Waals surface area (Å²) in [6, 6.07) is 9.12. The van der Waals surface area contributed by atoms with Crippen molar-refractivity contribution in [2.45, 2.75) is 25.2 Å². The summed E-state index contributed by atoms with van der Waals surface area (Å²) in [7, 11) is 0. The number of piperidine rings is 1. The highest BCUT2D eigenvalue weighted by Gasteiger charge is 2.44. The molecule has 144 valence electrons. The zero-order chi connectivity index (χ0) is 19.9. The average Bonchev–Trinajstić information content (AvgIpc) is 3.10. The predicted octanol–water partition coefficient (Wildman–Crippen LogP) is 2.32. The maximum Gasteiger partial charge on any atom is 0.314 e. The molecule has 1 aliphatic rings. The molecule has 0 atom stereocenters. The molecule has 0 radical (unpaired) electrons. The summed E-state index contributed by atoms with van der Waals surface area (Å²) in [5.41, 5.74) is 0.0963. The molecule has 0 bridgehead atoms. The van der Waals surface area contributed by atoms with Crippen molar-refractivity contribution in [3.63, 3.8) is 0 Å². The Morgan fingerprint density at radius 3 is 2.50 bits per heavy atom. The van der Waals surface area contributed by atoms with E-state index in [4.69, 9.17) is 0 Å². The second kappa shape index (κ2) is 6.87. The number of nitrogens with zero attached hydrogens (tertiary/aromatic N) is 3. The molecule has 4 rings (SSSR count). The number of carboxylic acid groups (broad SMARTS) is 1. The van der Waals surface area contributed by atoms with Crippen molar-refractivity contribution in [3.8, 4) is 0 Å². The van der Waals surface area contributed by atoms with Crippen LogP contribution in [0.25, 0.3) is 4.96 Å². The van der Waals surface area contributed by atoms with Gasteiger partial charge in [-0.05, 0) is 25.3 Å². The second-order valence-electron chi connectivity index (χ2n) is 7.02. The normalized spacial score (nSPS) is 16.2. The van der Waals surface area contributed by atoms with E-state index >= 15 is 0 Å². The first kappa shape index (κ1) is 18.4. The van der Waals surface area contributed by atoms with Crippen molar-refractivity contribution in [1.82, 2.24) is 14.3 Å². The van der Waals surface area contributed by atoms with E-state index in [1.165, 1.54) is 21.9 Å². The molecule has 1 saturated heterocycles. The van der Waals surface area contributed by atoms with Crippen molar-refractivity contribution in [2.24, 2.45) is 0 Å². The van der Waals surface area contributed by atoms with Gasteiger partial charge in [0.05, 0.1) is 5.41 Å². The fourth-order valence-electron chi connectivity index (χ4n) is 3.82. The molecule has 1 N–H and O–H groups in total. The molecule has 1 amide bonds. The Morgan fingerprint density at radius 1 is 1.18 bits per heavy atom. The Hall–Kier alpha value is -3.00. The van der Waals surface area contributed by atoms with E-state index in [1.54, 1.807) is 11.8 Å². The lowest BCUT2D eigenvalue weighted by Gasteiger charge is -2.39. The minimum Gasteiger partial charge on any atom is -0.481 e. The van der Waals surface area contributed by atoms with Crippen molar-refractivity contribution >= 4 is 28.2 Å².